The van der Waals surface area contributed by atoms with Crippen LogP contribution in [-0.4, -0.2) is 35.0 Å². The molecule has 0 radical (unpaired) electrons. The topological polar surface area (TPSA) is 84.1 Å². The van der Waals surface area contributed by atoms with E-state index in [2.05, 4.69) is 33.9 Å². The van der Waals surface area contributed by atoms with Gasteiger partial charge in [0.05, 0.1) is 13.2 Å². The molecular formula is C19H31N3O3. The number of hydrogen-bond donors (Lipinski definition) is 2. The van der Waals surface area contributed by atoms with Crippen LogP contribution in [0.15, 0.2) is 6.20 Å². The van der Waals surface area contributed by atoms with Crippen molar-refractivity contribution in [1.82, 2.24) is 15.3 Å². The molecule has 1 fully saturated rings. The van der Waals surface area contributed by atoms with Crippen molar-refractivity contribution in [1.29, 1.82) is 0 Å². The van der Waals surface area contributed by atoms with Gasteiger partial charge < -0.3 is 15.0 Å². The van der Waals surface area contributed by atoms with Crippen LogP contribution in [0, 0.1) is 11.8 Å². The average molecular weight is 349 g/mol. The lowest BCUT2D eigenvalue weighted by molar-refractivity contribution is -0.122. The first-order valence-corrected chi connectivity index (χ1v) is 9.25. The van der Waals surface area contributed by atoms with E-state index in [9.17, 15) is 9.59 Å². The van der Waals surface area contributed by atoms with Crippen LogP contribution < -0.4 is 5.32 Å². The summed E-state index contributed by atoms with van der Waals surface area (Å²) in [6, 6.07) is -0.503. The Hall–Kier alpha value is -1.85. The van der Waals surface area contributed by atoms with Crippen molar-refractivity contribution in [3.05, 3.63) is 17.7 Å². The third-order valence-electron chi connectivity index (χ3n) is 5.18. The molecule has 1 heterocycles. The number of alkyl carbamates (subject to hydrolysis) is 1. The lowest BCUT2D eigenvalue weighted by Gasteiger charge is -2.24. The molecule has 0 aliphatic heterocycles. The van der Waals surface area contributed by atoms with E-state index in [4.69, 9.17) is 0 Å². The number of H-pyrrole nitrogens is 1. The minimum atomic E-state index is -0.553. The van der Waals surface area contributed by atoms with E-state index in [1.165, 1.54) is 7.11 Å². The Kier molecular flexibility index (Phi) is 6.62. The summed E-state index contributed by atoms with van der Waals surface area (Å²) in [6.45, 7) is 8.15. The normalized spacial score (nSPS) is 21.6. The summed E-state index contributed by atoms with van der Waals surface area (Å²) in [5.41, 5.74) is 1.14. The van der Waals surface area contributed by atoms with E-state index in [-0.39, 0.29) is 17.6 Å². The van der Waals surface area contributed by atoms with E-state index >= 15 is 0 Å². The Morgan fingerprint density at radius 3 is 2.60 bits per heavy atom. The highest BCUT2D eigenvalue weighted by Crippen LogP contribution is 2.41. The molecule has 0 saturated heterocycles. The zero-order valence-corrected chi connectivity index (χ0v) is 16.0. The number of ketones is 1. The number of methoxy groups -OCH3 is 1. The lowest BCUT2D eigenvalue weighted by atomic mass is 9.86. The van der Waals surface area contributed by atoms with E-state index in [0.717, 1.165) is 30.8 Å². The number of aromatic amines is 1. The fourth-order valence-corrected chi connectivity index (χ4v) is 3.66. The lowest BCUT2D eigenvalue weighted by Crippen LogP contribution is -2.45. The van der Waals surface area contributed by atoms with E-state index < -0.39 is 12.1 Å². The van der Waals surface area contributed by atoms with Gasteiger partial charge in [0.25, 0.3) is 0 Å². The van der Waals surface area contributed by atoms with Crippen molar-refractivity contribution in [2.45, 2.75) is 71.3 Å². The third kappa shape index (κ3) is 4.83. The SMILES string of the molecule is COC(=O)N[C@H](C(=O)C[C@H]1CCC[C@@H]1c1ncc(C(C)C)[nH]1)C(C)C. The summed E-state index contributed by atoms with van der Waals surface area (Å²) in [5, 5.41) is 2.68. The van der Waals surface area contributed by atoms with Crippen LogP contribution in [0.2, 0.25) is 0 Å². The van der Waals surface area contributed by atoms with E-state index in [1.54, 1.807) is 0 Å². The third-order valence-corrected chi connectivity index (χ3v) is 5.18. The molecular weight excluding hydrogens is 318 g/mol. The minimum Gasteiger partial charge on any atom is -0.453 e. The minimum absolute atomic E-state index is 0.0302. The number of carbonyl (C=O) groups is 2. The number of Topliss-reactive ketones (excluding diaryl/α,β-unsaturated/α-hetero) is 1. The van der Waals surface area contributed by atoms with Crippen LogP contribution in [0.25, 0.3) is 0 Å². The average Bonchev–Trinajstić information content (AvgIpc) is 3.20. The molecule has 1 aromatic rings. The van der Waals surface area contributed by atoms with Gasteiger partial charge >= 0.3 is 6.09 Å². The van der Waals surface area contributed by atoms with Crippen LogP contribution in [0.1, 0.15) is 76.7 Å². The van der Waals surface area contributed by atoms with Gasteiger partial charge in [0.1, 0.15) is 5.82 Å². The first kappa shape index (κ1) is 19.5. The first-order chi connectivity index (χ1) is 11.8. The van der Waals surface area contributed by atoms with Gasteiger partial charge in [-0.05, 0) is 30.6 Å². The fourth-order valence-electron chi connectivity index (χ4n) is 3.66. The molecule has 1 aliphatic carbocycles. The maximum absolute atomic E-state index is 12.8. The summed E-state index contributed by atoms with van der Waals surface area (Å²) in [5.74, 6) is 2.09. The molecule has 6 heteroatoms. The van der Waals surface area contributed by atoms with Crippen molar-refractivity contribution in [3.63, 3.8) is 0 Å². The number of imidazole rings is 1. The van der Waals surface area contributed by atoms with Crippen LogP contribution in [0.4, 0.5) is 4.79 Å². The highest BCUT2D eigenvalue weighted by molar-refractivity contribution is 5.87. The summed E-state index contributed by atoms with van der Waals surface area (Å²) < 4.78 is 4.65. The van der Waals surface area contributed by atoms with Gasteiger partial charge in [-0.2, -0.15) is 0 Å². The van der Waals surface area contributed by atoms with Crippen molar-refractivity contribution in [3.8, 4) is 0 Å². The number of nitrogens with zero attached hydrogens (tertiary/aromatic N) is 1. The van der Waals surface area contributed by atoms with Gasteiger partial charge in [-0.1, -0.05) is 34.1 Å². The Morgan fingerprint density at radius 2 is 2.04 bits per heavy atom. The van der Waals surface area contributed by atoms with Crippen molar-refractivity contribution >= 4 is 11.9 Å². The summed E-state index contributed by atoms with van der Waals surface area (Å²) in [7, 11) is 1.31. The van der Waals surface area contributed by atoms with Crippen LogP contribution in [0.5, 0.6) is 0 Å². The van der Waals surface area contributed by atoms with Crippen LogP contribution in [0.3, 0.4) is 0 Å². The second kappa shape index (κ2) is 8.50. The Morgan fingerprint density at radius 1 is 1.32 bits per heavy atom. The smallest absolute Gasteiger partial charge is 0.407 e. The number of amides is 1. The quantitative estimate of drug-likeness (QED) is 0.785. The second-order valence-corrected chi connectivity index (χ2v) is 7.70. The molecule has 140 valence electrons. The van der Waals surface area contributed by atoms with E-state index in [0.29, 0.717) is 18.3 Å². The fraction of sp³-hybridized carbons (Fsp3) is 0.737. The Labute approximate surface area is 150 Å². The first-order valence-electron chi connectivity index (χ1n) is 9.25. The Balaban J connectivity index is 2.05. The summed E-state index contributed by atoms with van der Waals surface area (Å²) in [6.07, 6.45) is 5.01. The molecule has 1 saturated carbocycles. The largest absolute Gasteiger partial charge is 0.453 e. The number of carbonyl (C=O) groups excluding carboxylic acids is 2. The number of hydrogen-bond acceptors (Lipinski definition) is 4. The molecule has 3 atom stereocenters. The molecule has 0 unspecified atom stereocenters. The molecule has 1 aliphatic rings. The molecule has 6 nitrogen and oxygen atoms in total. The molecule has 0 aromatic carbocycles. The standard InChI is InChI=1S/C19H31N3O3/c1-11(2)15-10-20-18(21-15)14-8-6-7-13(14)9-16(23)17(12(3)4)22-19(24)25-5/h10-14,17H,6-9H2,1-5H3,(H,20,21)(H,22,24)/t13-,14+,17+/m1/s1. The van der Waals surface area contributed by atoms with Gasteiger partial charge in [0, 0.05) is 24.2 Å². The Bertz CT molecular complexity index is 594. The predicted octanol–water partition coefficient (Wildman–Crippen LogP) is 3.76. The summed E-state index contributed by atoms with van der Waals surface area (Å²) >= 11 is 0. The van der Waals surface area contributed by atoms with Crippen molar-refractivity contribution in [2.75, 3.05) is 7.11 Å². The van der Waals surface area contributed by atoms with Gasteiger partial charge in [0.2, 0.25) is 0 Å². The molecule has 1 aromatic heterocycles. The molecule has 25 heavy (non-hydrogen) atoms. The molecule has 1 amide bonds. The zero-order chi connectivity index (χ0) is 18.6. The number of rotatable bonds is 7. The van der Waals surface area contributed by atoms with Gasteiger partial charge in [-0.3, -0.25) is 4.79 Å². The van der Waals surface area contributed by atoms with E-state index in [1.807, 2.05) is 20.0 Å². The number of ether oxygens (including phenoxy) is 1. The molecule has 2 rings (SSSR count). The summed E-state index contributed by atoms with van der Waals surface area (Å²) in [4.78, 5) is 32.3. The van der Waals surface area contributed by atoms with Crippen LogP contribution in [-0.2, 0) is 9.53 Å². The highest BCUT2D eigenvalue weighted by Gasteiger charge is 2.35. The van der Waals surface area contributed by atoms with Crippen molar-refractivity contribution < 1.29 is 14.3 Å². The van der Waals surface area contributed by atoms with Crippen LogP contribution >= 0.6 is 0 Å². The second-order valence-electron chi connectivity index (χ2n) is 7.70. The van der Waals surface area contributed by atoms with Gasteiger partial charge in [-0.25, -0.2) is 9.78 Å². The van der Waals surface area contributed by atoms with Gasteiger partial charge in [-0.15, -0.1) is 0 Å². The maximum atomic E-state index is 12.8. The molecule has 2 N–H and O–H groups in total. The predicted molar refractivity (Wildman–Crippen MR) is 96.5 cm³/mol. The van der Waals surface area contributed by atoms with Crippen molar-refractivity contribution in [2.24, 2.45) is 11.8 Å². The zero-order valence-electron chi connectivity index (χ0n) is 16.0. The molecule has 0 bridgehead atoms. The number of nitrogens with one attached hydrogen (secondary N) is 2. The monoisotopic (exact) mass is 349 g/mol. The number of aromatic nitrogens is 2. The maximum Gasteiger partial charge on any atom is 0.407 e. The van der Waals surface area contributed by atoms with Gasteiger partial charge in [0.15, 0.2) is 5.78 Å². The highest BCUT2D eigenvalue weighted by atomic mass is 16.5. The molecule has 0 spiro atoms.